The molecule has 0 saturated carbocycles. The van der Waals surface area contributed by atoms with Crippen LogP contribution in [0.1, 0.15) is 6.92 Å². The van der Waals surface area contributed by atoms with Crippen LogP contribution in [0.4, 0.5) is 0 Å². The fourth-order valence-electron chi connectivity index (χ4n) is 0.453. The summed E-state index contributed by atoms with van der Waals surface area (Å²) in [6.07, 6.45) is 2.62. The van der Waals surface area contributed by atoms with E-state index >= 15 is 0 Å². The summed E-state index contributed by atoms with van der Waals surface area (Å²) in [5.74, 6) is -0.333. The molecule has 1 aromatic rings. The van der Waals surface area contributed by atoms with Gasteiger partial charge in [0.2, 0.25) is 5.91 Å². The lowest BCUT2D eigenvalue weighted by Crippen LogP contribution is -2.01. The van der Waals surface area contributed by atoms with Crippen LogP contribution in [0.25, 0.3) is 0 Å². The lowest BCUT2D eigenvalue weighted by atomic mass is 10.4. The lowest BCUT2D eigenvalue weighted by molar-refractivity contribution is -0.115. The van der Waals surface area contributed by atoms with E-state index in [1.807, 2.05) is 36.4 Å². The predicted octanol–water partition coefficient (Wildman–Crippen LogP) is 2.47. The van der Waals surface area contributed by atoms with Crippen LogP contribution in [0.2, 0.25) is 0 Å². The van der Waals surface area contributed by atoms with Crippen molar-refractivity contribution in [2.45, 2.75) is 6.92 Å². The van der Waals surface area contributed by atoms with Gasteiger partial charge in [0, 0.05) is 6.92 Å². The number of ether oxygens (including phenoxy) is 1. The van der Waals surface area contributed by atoms with E-state index in [1.54, 1.807) is 0 Å². The number of rotatable bonds is 2. The average Bonchev–Trinajstić information content (AvgIpc) is 2.22. The summed E-state index contributed by atoms with van der Waals surface area (Å²) < 4.78 is 4.36. The molecule has 3 nitrogen and oxygen atoms in total. The molecule has 3 heteroatoms. The minimum Gasteiger partial charge on any atom is -0.474 e. The molecule has 1 rings (SSSR count). The Balaban J connectivity index is 0. The topological polar surface area (TPSA) is 52.3 Å². The normalized spacial score (nSPS) is 6.73. The number of benzene rings is 1. The van der Waals surface area contributed by atoms with Crippen molar-refractivity contribution in [1.82, 2.24) is 0 Å². The smallest absolute Gasteiger partial charge is 0.214 e. The van der Waals surface area contributed by atoms with Crippen molar-refractivity contribution in [2.24, 2.45) is 5.73 Å². The van der Waals surface area contributed by atoms with Gasteiger partial charge in [-0.15, -0.1) is 0 Å². The molecule has 2 N–H and O–H groups in total. The quantitative estimate of drug-likeness (QED) is 0.757. The Morgan fingerprint density at radius 3 is 1.33 bits per heavy atom. The number of hydrogen-bond acceptors (Lipinski definition) is 2. The van der Waals surface area contributed by atoms with Crippen molar-refractivity contribution in [3.63, 3.8) is 0 Å². The van der Waals surface area contributed by atoms with Crippen LogP contribution in [0, 0.1) is 0 Å². The highest BCUT2D eigenvalue weighted by molar-refractivity contribution is 5.70. The van der Waals surface area contributed by atoms with E-state index < -0.39 is 0 Å². The molecule has 15 heavy (non-hydrogen) atoms. The van der Waals surface area contributed by atoms with Crippen molar-refractivity contribution in [3.05, 3.63) is 62.1 Å². The fraction of sp³-hybridized carbons (Fsp3) is 0.0833. The first kappa shape index (κ1) is 15.4. The minimum absolute atomic E-state index is 0.333. The highest BCUT2D eigenvalue weighted by Crippen LogP contribution is 1.79. The number of carbonyl (C=O) groups excluding carboxylic acids is 1. The molecular weight excluding hydrogens is 190 g/mol. The highest BCUT2D eigenvalue weighted by atomic mass is 16.5. The predicted molar refractivity (Wildman–Crippen MR) is 62.8 cm³/mol. The fourth-order valence-corrected chi connectivity index (χ4v) is 0.453. The summed E-state index contributed by atoms with van der Waals surface area (Å²) in [7, 11) is 0. The van der Waals surface area contributed by atoms with Crippen molar-refractivity contribution < 1.29 is 9.53 Å². The molecule has 0 spiro atoms. The molecule has 1 aromatic carbocycles. The van der Waals surface area contributed by atoms with E-state index in [1.165, 1.54) is 19.4 Å². The van der Waals surface area contributed by atoms with Crippen molar-refractivity contribution in [1.29, 1.82) is 0 Å². The SMILES string of the molecule is C=COC=C.CC(N)=O.c1ccccc1. The number of primary amides is 1. The van der Waals surface area contributed by atoms with Gasteiger partial charge < -0.3 is 10.5 Å². The summed E-state index contributed by atoms with van der Waals surface area (Å²) in [6.45, 7) is 7.82. The standard InChI is InChI=1S/C6H6.C4H6O.C2H5NO/c1-2-4-6-5-3-1;1-3-5-4-2;1-2(3)4/h1-6H;3-4H,1-2H2;1H3,(H2,3,4). The van der Waals surface area contributed by atoms with E-state index in [-0.39, 0.29) is 5.91 Å². The molecule has 0 aliphatic heterocycles. The van der Waals surface area contributed by atoms with Crippen molar-refractivity contribution >= 4 is 5.91 Å². The van der Waals surface area contributed by atoms with E-state index in [4.69, 9.17) is 0 Å². The lowest BCUT2D eigenvalue weighted by Gasteiger charge is -1.76. The van der Waals surface area contributed by atoms with Gasteiger partial charge in [0.25, 0.3) is 0 Å². The number of nitrogens with two attached hydrogens (primary N) is 1. The zero-order valence-corrected chi connectivity index (χ0v) is 8.93. The Hall–Kier alpha value is -2.03. The molecule has 82 valence electrons. The van der Waals surface area contributed by atoms with E-state index in [2.05, 4.69) is 23.6 Å². The highest BCUT2D eigenvalue weighted by Gasteiger charge is 1.61. The molecule has 0 radical (unpaired) electrons. The maximum atomic E-state index is 9.22. The zero-order valence-electron chi connectivity index (χ0n) is 8.93. The van der Waals surface area contributed by atoms with Crippen LogP contribution in [-0.4, -0.2) is 5.91 Å². The molecule has 1 amide bonds. The monoisotopic (exact) mass is 207 g/mol. The first-order valence-corrected chi connectivity index (χ1v) is 4.28. The van der Waals surface area contributed by atoms with Crippen LogP contribution >= 0.6 is 0 Å². The Kier molecular flexibility index (Phi) is 14.9. The van der Waals surface area contributed by atoms with E-state index in [0.717, 1.165) is 0 Å². The summed E-state index contributed by atoms with van der Waals surface area (Å²) in [4.78, 5) is 9.22. The van der Waals surface area contributed by atoms with Gasteiger partial charge in [-0.3, -0.25) is 4.79 Å². The zero-order chi connectivity index (χ0) is 11.9. The Labute approximate surface area is 90.9 Å². The second kappa shape index (κ2) is 14.5. The van der Waals surface area contributed by atoms with Gasteiger partial charge >= 0.3 is 0 Å². The maximum Gasteiger partial charge on any atom is 0.214 e. The van der Waals surface area contributed by atoms with Crippen LogP contribution in [-0.2, 0) is 9.53 Å². The second-order valence-electron chi connectivity index (χ2n) is 2.23. The van der Waals surface area contributed by atoms with Crippen LogP contribution < -0.4 is 5.73 Å². The molecular formula is C12H17NO2. The largest absolute Gasteiger partial charge is 0.474 e. The summed E-state index contributed by atoms with van der Waals surface area (Å²) in [5, 5.41) is 0. The molecule has 0 bridgehead atoms. The van der Waals surface area contributed by atoms with Crippen molar-refractivity contribution in [3.8, 4) is 0 Å². The number of amides is 1. The molecule has 0 atom stereocenters. The van der Waals surface area contributed by atoms with Gasteiger partial charge in [-0.1, -0.05) is 49.6 Å². The molecule has 0 unspecified atom stereocenters. The number of carbonyl (C=O) groups is 1. The summed E-state index contributed by atoms with van der Waals surface area (Å²) in [5.41, 5.74) is 4.47. The Morgan fingerprint density at radius 2 is 1.27 bits per heavy atom. The molecule has 0 aliphatic carbocycles. The minimum atomic E-state index is -0.333. The average molecular weight is 207 g/mol. The molecule has 0 aromatic heterocycles. The van der Waals surface area contributed by atoms with Gasteiger partial charge in [-0.05, 0) is 0 Å². The van der Waals surface area contributed by atoms with Crippen LogP contribution in [0.5, 0.6) is 0 Å². The van der Waals surface area contributed by atoms with Gasteiger partial charge in [0.1, 0.15) is 0 Å². The first-order chi connectivity index (χ1) is 7.15. The van der Waals surface area contributed by atoms with E-state index in [9.17, 15) is 4.79 Å². The van der Waals surface area contributed by atoms with Gasteiger partial charge in [0.15, 0.2) is 0 Å². The van der Waals surface area contributed by atoms with Gasteiger partial charge in [-0.25, -0.2) is 0 Å². The molecule has 0 aliphatic rings. The Morgan fingerprint density at radius 1 is 1.07 bits per heavy atom. The first-order valence-electron chi connectivity index (χ1n) is 4.28. The van der Waals surface area contributed by atoms with Crippen molar-refractivity contribution in [2.75, 3.05) is 0 Å². The van der Waals surface area contributed by atoms with Gasteiger partial charge in [-0.2, -0.15) is 0 Å². The molecule has 0 fully saturated rings. The second-order valence-corrected chi connectivity index (χ2v) is 2.23. The molecule has 0 saturated heterocycles. The summed E-state index contributed by atoms with van der Waals surface area (Å²) in [6, 6.07) is 12.0. The third-order valence-corrected chi connectivity index (χ3v) is 0.859. The maximum absolute atomic E-state index is 9.22. The summed E-state index contributed by atoms with van der Waals surface area (Å²) >= 11 is 0. The molecule has 0 heterocycles. The third-order valence-electron chi connectivity index (χ3n) is 0.859. The Bertz CT molecular complexity index is 221. The van der Waals surface area contributed by atoms with Gasteiger partial charge in [0.05, 0.1) is 12.5 Å². The third kappa shape index (κ3) is 33.4. The van der Waals surface area contributed by atoms with Crippen LogP contribution in [0.15, 0.2) is 62.1 Å². The van der Waals surface area contributed by atoms with E-state index in [0.29, 0.717) is 0 Å². The number of hydrogen-bond donors (Lipinski definition) is 1. The van der Waals surface area contributed by atoms with Crippen LogP contribution in [0.3, 0.4) is 0 Å².